The highest BCUT2D eigenvalue weighted by Gasteiger charge is 2.21. The van der Waals surface area contributed by atoms with Gasteiger partial charge in [0.05, 0.1) is 24.8 Å². The largest absolute Gasteiger partial charge is 0.493 e. The number of rotatable bonds is 7. The van der Waals surface area contributed by atoms with Crippen LogP contribution >= 0.6 is 0 Å². The summed E-state index contributed by atoms with van der Waals surface area (Å²) in [5.74, 6) is 1.72. The van der Waals surface area contributed by atoms with E-state index in [1.165, 1.54) is 29.5 Å². The lowest BCUT2D eigenvalue weighted by atomic mass is 9.85. The van der Waals surface area contributed by atoms with Crippen LogP contribution in [0.4, 0.5) is 0 Å². The number of aromatic nitrogens is 1. The van der Waals surface area contributed by atoms with Gasteiger partial charge in [0.15, 0.2) is 11.5 Å². The standard InChI is InChI=1S/C26H26N2O2/c1-29-25-11-10-22(17-26(25)30-23-4-2-3-5-23)24(16-19-12-14-28-15-13-19)21-8-6-20(18-27)7-9-21/h6-15,17,23-24H,2-5,16H2,1H3. The predicted octanol–water partition coefficient (Wildman–Crippen LogP) is 5.66. The molecule has 152 valence electrons. The van der Waals surface area contributed by atoms with Crippen LogP contribution in [0.5, 0.6) is 11.5 Å². The average molecular weight is 399 g/mol. The summed E-state index contributed by atoms with van der Waals surface area (Å²) < 4.78 is 11.9. The molecule has 0 N–H and O–H groups in total. The van der Waals surface area contributed by atoms with E-state index in [0.29, 0.717) is 5.56 Å². The van der Waals surface area contributed by atoms with Crippen LogP contribution in [0.1, 0.15) is 53.9 Å². The smallest absolute Gasteiger partial charge is 0.161 e. The third-order valence-corrected chi connectivity index (χ3v) is 5.82. The van der Waals surface area contributed by atoms with E-state index in [1.807, 2.05) is 42.7 Å². The quantitative estimate of drug-likeness (QED) is 0.515. The second kappa shape index (κ2) is 9.45. The summed E-state index contributed by atoms with van der Waals surface area (Å²) in [5, 5.41) is 9.16. The molecule has 0 bridgehead atoms. The summed E-state index contributed by atoms with van der Waals surface area (Å²) in [7, 11) is 1.69. The number of pyridine rings is 1. The highest BCUT2D eigenvalue weighted by atomic mass is 16.5. The van der Waals surface area contributed by atoms with Crippen molar-refractivity contribution in [3.05, 3.63) is 89.2 Å². The van der Waals surface area contributed by atoms with E-state index in [1.54, 1.807) is 7.11 Å². The molecule has 1 heterocycles. The molecule has 30 heavy (non-hydrogen) atoms. The van der Waals surface area contributed by atoms with Crippen LogP contribution in [0.15, 0.2) is 67.0 Å². The van der Waals surface area contributed by atoms with Crippen molar-refractivity contribution in [3.63, 3.8) is 0 Å². The molecule has 0 saturated heterocycles. The van der Waals surface area contributed by atoms with Crippen molar-refractivity contribution in [1.29, 1.82) is 5.26 Å². The van der Waals surface area contributed by atoms with Crippen LogP contribution in [0.3, 0.4) is 0 Å². The molecule has 2 aromatic carbocycles. The minimum atomic E-state index is 0.136. The van der Waals surface area contributed by atoms with Crippen molar-refractivity contribution < 1.29 is 9.47 Å². The van der Waals surface area contributed by atoms with Gasteiger partial charge in [0.1, 0.15) is 0 Å². The van der Waals surface area contributed by atoms with Gasteiger partial charge in [0, 0.05) is 18.3 Å². The SMILES string of the molecule is COc1ccc(C(Cc2ccncc2)c2ccc(C#N)cc2)cc1OC1CCCC1. The molecular weight excluding hydrogens is 372 g/mol. The molecule has 3 aromatic rings. The fourth-order valence-corrected chi connectivity index (χ4v) is 4.16. The van der Waals surface area contributed by atoms with Gasteiger partial charge in [-0.3, -0.25) is 4.98 Å². The molecule has 1 atom stereocenters. The second-order valence-electron chi connectivity index (χ2n) is 7.78. The summed E-state index contributed by atoms with van der Waals surface area (Å²) >= 11 is 0. The van der Waals surface area contributed by atoms with Crippen LogP contribution in [0.2, 0.25) is 0 Å². The molecular formula is C26H26N2O2. The third kappa shape index (κ3) is 4.63. The van der Waals surface area contributed by atoms with Gasteiger partial charge in [0.25, 0.3) is 0 Å². The van der Waals surface area contributed by atoms with E-state index in [4.69, 9.17) is 14.7 Å². The van der Waals surface area contributed by atoms with E-state index in [-0.39, 0.29) is 12.0 Å². The van der Waals surface area contributed by atoms with E-state index < -0.39 is 0 Å². The zero-order valence-electron chi connectivity index (χ0n) is 17.3. The lowest BCUT2D eigenvalue weighted by Gasteiger charge is -2.22. The summed E-state index contributed by atoms with van der Waals surface area (Å²) in [6.45, 7) is 0. The Labute approximate surface area is 178 Å². The van der Waals surface area contributed by atoms with Crippen LogP contribution < -0.4 is 9.47 Å². The summed E-state index contributed by atoms with van der Waals surface area (Å²) in [6.07, 6.45) is 9.41. The van der Waals surface area contributed by atoms with Crippen molar-refractivity contribution in [2.75, 3.05) is 7.11 Å². The van der Waals surface area contributed by atoms with Gasteiger partial charge in [-0.2, -0.15) is 5.26 Å². The Balaban J connectivity index is 1.70. The first-order valence-electron chi connectivity index (χ1n) is 10.5. The number of nitrogens with zero attached hydrogens (tertiary/aromatic N) is 2. The van der Waals surface area contributed by atoms with Crippen molar-refractivity contribution in [2.24, 2.45) is 0 Å². The number of methoxy groups -OCH3 is 1. The number of hydrogen-bond donors (Lipinski definition) is 0. The molecule has 0 aliphatic heterocycles. The van der Waals surface area contributed by atoms with Crippen molar-refractivity contribution in [3.8, 4) is 17.6 Å². The molecule has 1 aromatic heterocycles. The molecule has 1 aliphatic rings. The first-order valence-corrected chi connectivity index (χ1v) is 10.5. The lowest BCUT2D eigenvalue weighted by molar-refractivity contribution is 0.200. The molecule has 4 rings (SSSR count). The molecule has 1 saturated carbocycles. The molecule has 0 spiro atoms. The zero-order valence-corrected chi connectivity index (χ0v) is 17.3. The fraction of sp³-hybridized carbons (Fsp3) is 0.308. The maximum absolute atomic E-state index is 9.16. The Hall–Kier alpha value is -3.32. The second-order valence-corrected chi connectivity index (χ2v) is 7.78. The highest BCUT2D eigenvalue weighted by Crippen LogP contribution is 2.37. The predicted molar refractivity (Wildman–Crippen MR) is 117 cm³/mol. The fourth-order valence-electron chi connectivity index (χ4n) is 4.16. The van der Waals surface area contributed by atoms with Gasteiger partial charge in [-0.05, 0) is 85.2 Å². The Morgan fingerprint density at radius 1 is 0.967 bits per heavy atom. The minimum absolute atomic E-state index is 0.136. The molecule has 0 amide bonds. The van der Waals surface area contributed by atoms with Crippen molar-refractivity contribution in [1.82, 2.24) is 4.98 Å². The van der Waals surface area contributed by atoms with Crippen LogP contribution in [0, 0.1) is 11.3 Å². The maximum atomic E-state index is 9.16. The third-order valence-electron chi connectivity index (χ3n) is 5.82. The Kier molecular flexibility index (Phi) is 6.29. The first-order chi connectivity index (χ1) is 14.8. The molecule has 1 fully saturated rings. The summed E-state index contributed by atoms with van der Waals surface area (Å²) in [6, 6.07) is 20.4. The molecule has 4 nitrogen and oxygen atoms in total. The first kappa shape index (κ1) is 20.0. The Bertz CT molecular complexity index is 1000. The average Bonchev–Trinajstić information content (AvgIpc) is 3.31. The van der Waals surface area contributed by atoms with Gasteiger partial charge < -0.3 is 9.47 Å². The van der Waals surface area contributed by atoms with Crippen LogP contribution in [0.25, 0.3) is 0 Å². The molecule has 0 radical (unpaired) electrons. The monoisotopic (exact) mass is 398 g/mol. The van der Waals surface area contributed by atoms with Gasteiger partial charge in [-0.1, -0.05) is 18.2 Å². The van der Waals surface area contributed by atoms with E-state index >= 15 is 0 Å². The van der Waals surface area contributed by atoms with Gasteiger partial charge in [-0.25, -0.2) is 0 Å². The van der Waals surface area contributed by atoms with Gasteiger partial charge >= 0.3 is 0 Å². The molecule has 1 unspecified atom stereocenters. The van der Waals surface area contributed by atoms with Gasteiger partial charge in [-0.15, -0.1) is 0 Å². The summed E-state index contributed by atoms with van der Waals surface area (Å²) in [4.78, 5) is 4.14. The summed E-state index contributed by atoms with van der Waals surface area (Å²) in [5.41, 5.74) is 4.22. The molecule has 4 heteroatoms. The topological polar surface area (TPSA) is 55.1 Å². The van der Waals surface area contributed by atoms with Crippen LogP contribution in [-0.4, -0.2) is 18.2 Å². The minimum Gasteiger partial charge on any atom is -0.493 e. The number of hydrogen-bond acceptors (Lipinski definition) is 4. The lowest BCUT2D eigenvalue weighted by Crippen LogP contribution is -2.12. The van der Waals surface area contributed by atoms with Crippen molar-refractivity contribution in [2.45, 2.75) is 44.1 Å². The van der Waals surface area contributed by atoms with E-state index in [2.05, 4.69) is 35.3 Å². The number of nitriles is 1. The highest BCUT2D eigenvalue weighted by molar-refractivity contribution is 5.47. The molecule has 1 aliphatic carbocycles. The Morgan fingerprint density at radius 3 is 2.33 bits per heavy atom. The normalized spacial score (nSPS) is 14.8. The van der Waals surface area contributed by atoms with Crippen molar-refractivity contribution >= 4 is 0 Å². The van der Waals surface area contributed by atoms with Gasteiger partial charge in [0.2, 0.25) is 0 Å². The van der Waals surface area contributed by atoms with Crippen LogP contribution in [-0.2, 0) is 6.42 Å². The van der Waals surface area contributed by atoms with E-state index in [9.17, 15) is 0 Å². The maximum Gasteiger partial charge on any atom is 0.161 e. The number of ether oxygens (including phenoxy) is 2. The van der Waals surface area contributed by atoms with E-state index in [0.717, 1.165) is 30.8 Å². The Morgan fingerprint density at radius 2 is 1.67 bits per heavy atom. The zero-order chi connectivity index (χ0) is 20.8. The number of benzene rings is 2.